The number of aryl methyl sites for hydroxylation is 2. The normalized spacial score (nSPS) is 17.0. The fourth-order valence-corrected chi connectivity index (χ4v) is 16.1. The fourth-order valence-electron chi connectivity index (χ4n) is 15.3. The molecule has 4 atom stereocenters. The predicted octanol–water partition coefficient (Wildman–Crippen LogP) is 15.9. The summed E-state index contributed by atoms with van der Waals surface area (Å²) in [5.41, 5.74) is 8.23. The molecule has 0 bridgehead atoms. The van der Waals surface area contributed by atoms with Crippen LogP contribution in [0.25, 0.3) is 56.0 Å². The van der Waals surface area contributed by atoms with Gasteiger partial charge in [-0.2, -0.15) is 20.5 Å². The molecule has 116 heavy (non-hydrogen) atoms. The third kappa shape index (κ3) is 17.6. The van der Waals surface area contributed by atoms with Crippen LogP contribution in [0.1, 0.15) is 140 Å². The van der Waals surface area contributed by atoms with E-state index in [0.29, 0.717) is 154 Å². The lowest BCUT2D eigenvalue weighted by Gasteiger charge is -2.44. The number of piperazine rings is 3. The van der Waals surface area contributed by atoms with Gasteiger partial charge in [0.05, 0.1) is 103 Å². The smallest absolute Gasteiger partial charge is 0.352 e. The molecule has 24 nitrogen and oxygen atoms in total. The van der Waals surface area contributed by atoms with Crippen molar-refractivity contribution in [2.75, 3.05) is 73.6 Å². The number of aliphatic imine (C=N–C) groups is 1. The summed E-state index contributed by atoms with van der Waals surface area (Å²) >= 11 is 26.4. The summed E-state index contributed by atoms with van der Waals surface area (Å²) in [6.07, 6.45) is 7.64. The monoisotopic (exact) mass is 1640 g/mol. The zero-order valence-corrected chi connectivity index (χ0v) is 70.5. The van der Waals surface area contributed by atoms with Crippen LogP contribution in [0.3, 0.4) is 0 Å². The number of hydrogen-bond acceptors (Lipinski definition) is 19. The number of nitriles is 2. The Hall–Kier alpha value is -11.2. The van der Waals surface area contributed by atoms with Gasteiger partial charge in [-0.1, -0.05) is 171 Å². The van der Waals surface area contributed by atoms with E-state index in [0.717, 1.165) is 33.6 Å². The Morgan fingerprint density at radius 2 is 1.07 bits per heavy atom. The Balaban J connectivity index is 0.000000172. The Morgan fingerprint density at radius 3 is 1.61 bits per heavy atom. The molecule has 0 saturated carbocycles. The first-order valence-electron chi connectivity index (χ1n) is 38.4. The summed E-state index contributed by atoms with van der Waals surface area (Å²) in [6, 6.07) is 26.9. The second-order valence-corrected chi connectivity index (χ2v) is 32.9. The van der Waals surface area contributed by atoms with Crippen molar-refractivity contribution in [3.05, 3.63) is 222 Å². The summed E-state index contributed by atoms with van der Waals surface area (Å²) in [6.45, 7) is 45.5. The number of amidine groups is 1. The molecule has 0 N–H and O–H groups in total. The van der Waals surface area contributed by atoms with Crippen LogP contribution in [0.15, 0.2) is 156 Å². The van der Waals surface area contributed by atoms with E-state index in [1.807, 2.05) is 92.6 Å². The molecule has 0 spiro atoms. The fraction of sp³-hybridized carbons (Fsp3) is 0.368. The van der Waals surface area contributed by atoms with Crippen molar-refractivity contribution in [2.45, 2.75) is 145 Å². The molecule has 2 aromatic carbocycles. The minimum Gasteiger partial charge on any atom is -0.352 e. The van der Waals surface area contributed by atoms with Crippen LogP contribution < -0.4 is 26.1 Å². The van der Waals surface area contributed by atoms with Crippen LogP contribution >= 0.6 is 46.4 Å². The first-order chi connectivity index (χ1) is 55.1. The maximum atomic E-state index is 14.7. The molecule has 4 aliphatic rings. The number of pyridine rings is 5. The van der Waals surface area contributed by atoms with Gasteiger partial charge >= 0.3 is 11.4 Å². The molecule has 13 rings (SSSR count). The van der Waals surface area contributed by atoms with Gasteiger partial charge in [0.15, 0.2) is 11.3 Å². The standard InChI is InChI=1S/C34H39ClN6O2.C28H30ClFN6O.C25H25Cl2N7O2/c1-9-28(42)39-17-23(8)40(18-22(39)7)32-26-16-27(35)30(25-13-11-10-12-24(25)19(2)3)37-33(26)41(34(43)38-32)31-21(6)14-15-36-29(31)20(4)5;1-6-24(37)35-14-13-34(16-19(35)11-12-31)26-21-15-22(29)25(20-9-7-8-10-23(20)30)33-27(21)36(18(2)32-26)17-28(3,4)5;1-5-19(35)33-11-10-32(13-16(33)6-8-28)23-17-12-18(26)22(27)30-24(17)34(25(36)31-23)21-15(4)7-9-29-20(21)14(2)3/h9-16,19-20,22-23H,1,17-18H2,2-8H3;6-10,15,19H,1-2,11,13-14,16-17H2,3-5H3;5,7,9,12,14,16H,1,6,10-11,13H2,2-4H3. The number of halogens is 5. The third-order valence-electron chi connectivity index (χ3n) is 20.9. The summed E-state index contributed by atoms with van der Waals surface area (Å²) < 4.78 is 17.7. The number of hydrogen-bond donors (Lipinski definition) is 0. The Bertz CT molecular complexity index is 5650. The molecule has 3 amide bonds. The molecule has 4 unspecified atom stereocenters. The first kappa shape index (κ1) is 85.7. The van der Waals surface area contributed by atoms with Crippen LogP contribution in [-0.4, -0.2) is 170 Å². The van der Waals surface area contributed by atoms with Crippen LogP contribution in [0.5, 0.6) is 0 Å². The molecule has 29 heteroatoms. The predicted molar refractivity (Wildman–Crippen MR) is 459 cm³/mol. The molecule has 3 fully saturated rings. The molecule has 3 saturated heterocycles. The highest BCUT2D eigenvalue weighted by molar-refractivity contribution is 6.42. The zero-order valence-electron chi connectivity index (χ0n) is 67.5. The molecule has 602 valence electrons. The van der Waals surface area contributed by atoms with Gasteiger partial charge in [0.25, 0.3) is 0 Å². The number of anilines is 3. The molecule has 11 heterocycles. The van der Waals surface area contributed by atoms with E-state index < -0.39 is 23.2 Å². The minimum absolute atomic E-state index is 0.0338. The van der Waals surface area contributed by atoms with E-state index in [-0.39, 0.29) is 82.0 Å². The average Bonchev–Trinajstić information content (AvgIpc) is 0.739. The number of rotatable bonds is 15. The Kier molecular flexibility index (Phi) is 26.5. The maximum absolute atomic E-state index is 14.7. The molecule has 7 aromatic heterocycles. The number of benzene rings is 2. The van der Waals surface area contributed by atoms with Crippen LogP contribution in [-0.2, 0) is 14.4 Å². The van der Waals surface area contributed by atoms with Gasteiger partial charge in [0.1, 0.15) is 40.1 Å². The topological polar surface area (TPSA) is 268 Å². The highest BCUT2D eigenvalue weighted by Crippen LogP contribution is 2.42. The second-order valence-electron chi connectivity index (χ2n) is 31.3. The van der Waals surface area contributed by atoms with Crippen molar-refractivity contribution in [3.8, 4) is 46.0 Å². The van der Waals surface area contributed by atoms with Gasteiger partial charge in [-0.3, -0.25) is 24.4 Å². The van der Waals surface area contributed by atoms with Crippen molar-refractivity contribution in [2.24, 2.45) is 10.4 Å². The third-order valence-corrected chi connectivity index (χ3v) is 22.1. The number of carbonyl (C=O) groups is 3. The largest absolute Gasteiger partial charge is 0.355 e. The number of nitrogens with zero attached hydrogens (tertiary/aromatic N) is 19. The molecule has 0 radical (unpaired) electrons. The lowest BCUT2D eigenvalue weighted by molar-refractivity contribution is -0.130. The SMILES string of the molecule is C=CC(=O)N1CC(C)N(c2nc(=O)n(-c3c(C)ccnc3C(C)C)c3nc(-c4ccccc4C(C)C)c(Cl)cc23)CC1C.C=CC(=O)N1CCN(C2=NC(=C)N(CC(C)(C)C)c3nc(-c4ccccc4F)c(Cl)cc32)CC1CC#N.C=CC(=O)N1CCN(c2nc(=O)n(-c3c(C)ccnc3C(C)C)c3nc(Cl)c(Cl)cc23)CC1CC#N. The lowest BCUT2D eigenvalue weighted by Crippen LogP contribution is -2.58. The first-order valence-corrected chi connectivity index (χ1v) is 39.9. The molecule has 9 aromatic rings. The number of aromatic nitrogens is 9. The van der Waals surface area contributed by atoms with Crippen LogP contribution in [0.4, 0.5) is 21.8 Å². The summed E-state index contributed by atoms with van der Waals surface area (Å²) in [7, 11) is 0. The lowest BCUT2D eigenvalue weighted by atomic mass is 9.95. The summed E-state index contributed by atoms with van der Waals surface area (Å²) in [4.78, 5) is 116. The Morgan fingerprint density at radius 1 is 0.578 bits per heavy atom. The second kappa shape index (κ2) is 35.9. The van der Waals surface area contributed by atoms with Gasteiger partial charge in [-0.25, -0.2) is 43.1 Å². The van der Waals surface area contributed by atoms with E-state index >= 15 is 0 Å². The van der Waals surface area contributed by atoms with E-state index in [1.54, 1.807) is 62.0 Å². The highest BCUT2D eigenvalue weighted by atomic mass is 35.5. The van der Waals surface area contributed by atoms with Crippen molar-refractivity contribution in [1.29, 1.82) is 10.5 Å². The van der Waals surface area contributed by atoms with Crippen LogP contribution in [0.2, 0.25) is 20.2 Å². The van der Waals surface area contributed by atoms with Gasteiger partial charge < -0.3 is 34.3 Å². The summed E-state index contributed by atoms with van der Waals surface area (Å²) in [5, 5.41) is 21.0. The van der Waals surface area contributed by atoms with E-state index in [1.165, 1.54) is 28.9 Å². The van der Waals surface area contributed by atoms with Crippen molar-refractivity contribution in [1.82, 2.24) is 63.6 Å². The molecular weight excluding hydrogens is 1550 g/mol. The molecule has 0 aliphatic carbocycles. The highest BCUT2D eigenvalue weighted by Gasteiger charge is 2.39. The van der Waals surface area contributed by atoms with Gasteiger partial charge in [0.2, 0.25) is 17.7 Å². The van der Waals surface area contributed by atoms with Crippen LogP contribution in [0, 0.1) is 47.7 Å². The Labute approximate surface area is 695 Å². The van der Waals surface area contributed by atoms with E-state index in [4.69, 9.17) is 66.3 Å². The molecular formula is C87H94Cl4FN19O5. The van der Waals surface area contributed by atoms with Gasteiger partial charge in [-0.05, 0) is 128 Å². The quantitative estimate of drug-likeness (QED) is 0.0681. The van der Waals surface area contributed by atoms with Gasteiger partial charge in [-0.15, -0.1) is 0 Å². The van der Waals surface area contributed by atoms with Gasteiger partial charge in [0, 0.05) is 94.5 Å². The number of fused-ring (bicyclic) bond motifs is 3. The average molecular weight is 1650 g/mol. The maximum Gasteiger partial charge on any atom is 0.355 e. The molecule has 4 aliphatic heterocycles. The number of carbonyl (C=O) groups excluding carboxylic acids is 3. The minimum atomic E-state index is -0.539. The van der Waals surface area contributed by atoms with E-state index in [9.17, 15) is 38.9 Å². The van der Waals surface area contributed by atoms with Crippen molar-refractivity contribution >= 4 is 109 Å². The summed E-state index contributed by atoms with van der Waals surface area (Å²) in [5.74, 6) is 1.96. The van der Waals surface area contributed by atoms with Crippen molar-refractivity contribution < 1.29 is 18.8 Å². The van der Waals surface area contributed by atoms with Crippen molar-refractivity contribution in [3.63, 3.8) is 0 Å². The number of amides is 3. The zero-order chi connectivity index (χ0) is 84.2. The van der Waals surface area contributed by atoms with E-state index in [2.05, 4.69) is 118 Å².